The number of nitrogens with zero attached hydrogens (tertiary/aromatic N) is 3. The van der Waals surface area contributed by atoms with Crippen LogP contribution in [0.25, 0.3) is 11.6 Å². The molecule has 5 rings (SSSR count). The summed E-state index contributed by atoms with van der Waals surface area (Å²) in [5, 5.41) is 18.5. The average Bonchev–Trinajstić information content (AvgIpc) is 3.26. The summed E-state index contributed by atoms with van der Waals surface area (Å²) < 4.78 is 7.78. The summed E-state index contributed by atoms with van der Waals surface area (Å²) in [6.07, 6.45) is 3.27. The number of aliphatic hydroxyl groups is 1. The molecular formula is C26H27N4O3+. The summed E-state index contributed by atoms with van der Waals surface area (Å²) in [7, 11) is 1.00. The first-order valence-corrected chi connectivity index (χ1v) is 10.3. The zero-order chi connectivity index (χ0) is 23.7. The Kier molecular flexibility index (Phi) is 7.99. The molecule has 2 aliphatic rings. The molecule has 7 heteroatoms. The van der Waals surface area contributed by atoms with Crippen LogP contribution in [-0.2, 0) is 5.54 Å². The normalized spacial score (nSPS) is 10.6. The van der Waals surface area contributed by atoms with Gasteiger partial charge in [-0.2, -0.15) is 0 Å². The smallest absolute Gasteiger partial charge is 0.390 e. The zero-order valence-electron chi connectivity index (χ0n) is 18.5. The maximum absolute atomic E-state index is 7.00. The number of rotatable bonds is 4. The van der Waals surface area contributed by atoms with Gasteiger partial charge in [-0.05, 0) is 11.9 Å². The van der Waals surface area contributed by atoms with Gasteiger partial charge in [0.25, 0.3) is 0 Å². The van der Waals surface area contributed by atoms with Crippen LogP contribution < -0.4 is 10.6 Å². The molecule has 0 fully saturated rings. The van der Waals surface area contributed by atoms with Crippen LogP contribution in [0.2, 0.25) is 0 Å². The van der Waals surface area contributed by atoms with Gasteiger partial charge in [0.2, 0.25) is 11.3 Å². The monoisotopic (exact) mass is 443 g/mol. The summed E-state index contributed by atoms with van der Waals surface area (Å²) in [5.74, 6) is 4.90. The molecule has 0 aromatic heterocycles. The minimum Gasteiger partial charge on any atom is -0.450 e. The van der Waals surface area contributed by atoms with E-state index in [1.54, 1.807) is 12.5 Å². The summed E-state index contributed by atoms with van der Waals surface area (Å²) in [6.45, 7) is 1.95. The topological polar surface area (TPSA) is 109 Å². The molecule has 0 radical (unpaired) electrons. The van der Waals surface area contributed by atoms with Crippen molar-refractivity contribution < 1.29 is 19.4 Å². The summed E-state index contributed by atoms with van der Waals surface area (Å²) >= 11 is 0. The Balaban J connectivity index is 0.000000728. The number of fused-ring (bicyclic) bond motifs is 1. The first-order chi connectivity index (χ1) is 16.3. The molecular weight excluding hydrogens is 416 g/mol. The number of aryl methyl sites for hydroxylation is 1. The highest BCUT2D eigenvalue weighted by molar-refractivity contribution is 5.51. The fourth-order valence-corrected chi connectivity index (χ4v) is 4.09. The molecule has 3 aromatic rings. The lowest BCUT2D eigenvalue weighted by Crippen LogP contribution is -2.61. The van der Waals surface area contributed by atoms with Crippen LogP contribution in [0.15, 0.2) is 108 Å². The molecule has 4 N–H and O–H groups in total. The van der Waals surface area contributed by atoms with Crippen LogP contribution in [0.4, 0.5) is 0 Å². The minimum absolute atomic E-state index is 0.694. The lowest BCUT2D eigenvalue weighted by Gasteiger charge is -2.31. The number of aromatic nitrogens is 3. The zero-order valence-corrected chi connectivity index (χ0v) is 18.5. The fourth-order valence-electron chi connectivity index (χ4n) is 4.09. The number of hydrogen-bond donors (Lipinski definition) is 3. The molecule has 3 aromatic carbocycles. The molecule has 0 bridgehead atoms. The maximum Gasteiger partial charge on any atom is 0.390 e. The van der Waals surface area contributed by atoms with E-state index in [0.717, 1.165) is 29.5 Å². The minimum atomic E-state index is -0.694. The third kappa shape index (κ3) is 4.25. The van der Waals surface area contributed by atoms with Gasteiger partial charge in [-0.3, -0.25) is 0 Å². The van der Waals surface area contributed by atoms with Gasteiger partial charge in [0.1, 0.15) is 12.0 Å². The van der Waals surface area contributed by atoms with Crippen molar-refractivity contribution in [2.75, 3.05) is 7.11 Å². The van der Waals surface area contributed by atoms with E-state index in [4.69, 9.17) is 19.8 Å². The van der Waals surface area contributed by atoms with Crippen LogP contribution in [0.3, 0.4) is 0 Å². The molecule has 0 aliphatic carbocycles. The van der Waals surface area contributed by atoms with Crippen LogP contribution in [0.5, 0.6) is 0 Å². The molecule has 7 nitrogen and oxygen atoms in total. The predicted octanol–water partition coefficient (Wildman–Crippen LogP) is 3.55. The van der Waals surface area contributed by atoms with Gasteiger partial charge in [0.05, 0.1) is 0 Å². The Hall–Kier alpha value is -3.91. The summed E-state index contributed by atoms with van der Waals surface area (Å²) in [4.78, 5) is 4.65. The highest BCUT2D eigenvalue weighted by Gasteiger charge is 2.49. The first kappa shape index (κ1) is 23.7. The highest BCUT2D eigenvalue weighted by atomic mass is 16.4. The Bertz CT molecular complexity index is 1120. The van der Waals surface area contributed by atoms with Crippen molar-refractivity contribution in [2.24, 2.45) is 5.90 Å². The van der Waals surface area contributed by atoms with Gasteiger partial charge >= 0.3 is 5.82 Å². The fraction of sp³-hybridized carbons (Fsp3) is 0.115. The van der Waals surface area contributed by atoms with Gasteiger partial charge in [0.15, 0.2) is 6.20 Å². The van der Waals surface area contributed by atoms with E-state index in [0.29, 0.717) is 11.6 Å². The van der Waals surface area contributed by atoms with Gasteiger partial charge < -0.3 is 14.7 Å². The highest BCUT2D eigenvalue weighted by Crippen LogP contribution is 2.38. The van der Waals surface area contributed by atoms with Gasteiger partial charge in [0, 0.05) is 23.8 Å². The average molecular weight is 444 g/mol. The lowest BCUT2D eigenvalue weighted by atomic mass is 9.77. The molecule has 2 heterocycles. The molecule has 0 unspecified atom stereocenters. The van der Waals surface area contributed by atoms with Gasteiger partial charge in [-0.25, -0.2) is 5.90 Å². The lowest BCUT2D eigenvalue weighted by molar-refractivity contribution is -0.777. The van der Waals surface area contributed by atoms with Crippen molar-refractivity contribution >= 4 is 0 Å². The van der Waals surface area contributed by atoms with E-state index < -0.39 is 5.54 Å². The van der Waals surface area contributed by atoms with E-state index in [1.807, 2.05) is 29.8 Å². The number of benzene rings is 3. The second kappa shape index (κ2) is 11.1. The van der Waals surface area contributed by atoms with Crippen molar-refractivity contribution in [1.29, 1.82) is 0 Å². The third-order valence-corrected chi connectivity index (χ3v) is 5.32. The largest absolute Gasteiger partial charge is 0.450 e. The summed E-state index contributed by atoms with van der Waals surface area (Å²) in [5.41, 5.74) is 3.42. The standard InChI is InChI=1S/C25H20N3O.CH4O.H3NO/c1-19-23-24(26-17-18-29-23)28(27-19)25(20-11-5-2-6-12-20,21-13-7-3-8-14-21)22-15-9-4-10-16-22;2*1-2/h2-18H,1H3;2H,1H3;2H,1H2/q+1;;. The Morgan fingerprint density at radius 1 is 0.758 bits per heavy atom. The van der Waals surface area contributed by atoms with Crippen LogP contribution in [0.1, 0.15) is 22.4 Å². The summed E-state index contributed by atoms with van der Waals surface area (Å²) in [6, 6.07) is 31.3. The van der Waals surface area contributed by atoms with Crippen LogP contribution in [-0.4, -0.2) is 27.5 Å². The Morgan fingerprint density at radius 2 is 1.18 bits per heavy atom. The van der Waals surface area contributed by atoms with Crippen molar-refractivity contribution in [3.63, 3.8) is 0 Å². The molecule has 0 spiro atoms. The van der Waals surface area contributed by atoms with Gasteiger partial charge in [-0.1, -0.05) is 96.1 Å². The SMILES string of the molecule is CO.Cc1n[n+](C(c2ccccc2)(c2ccccc2)c2ccccc2)c2nccoc1-2.NO. The van der Waals surface area contributed by atoms with E-state index in [2.05, 4.69) is 83.7 Å². The molecule has 33 heavy (non-hydrogen) atoms. The van der Waals surface area contributed by atoms with Crippen molar-refractivity contribution in [3.8, 4) is 11.6 Å². The molecule has 168 valence electrons. The molecule has 0 amide bonds. The third-order valence-electron chi connectivity index (χ3n) is 5.32. The molecule has 2 aliphatic heterocycles. The maximum atomic E-state index is 7.00. The van der Waals surface area contributed by atoms with E-state index in [1.165, 1.54) is 0 Å². The second-order valence-electron chi connectivity index (χ2n) is 6.99. The number of hydrogen-bond acceptors (Lipinski definition) is 6. The van der Waals surface area contributed by atoms with E-state index in [-0.39, 0.29) is 0 Å². The predicted molar refractivity (Wildman–Crippen MR) is 125 cm³/mol. The quantitative estimate of drug-likeness (QED) is 0.223. The van der Waals surface area contributed by atoms with Crippen LogP contribution >= 0.6 is 0 Å². The molecule has 0 saturated carbocycles. The Morgan fingerprint density at radius 3 is 1.61 bits per heavy atom. The van der Waals surface area contributed by atoms with Gasteiger partial charge in [-0.15, -0.1) is 4.68 Å². The van der Waals surface area contributed by atoms with Crippen molar-refractivity contribution in [1.82, 2.24) is 10.1 Å². The molecule has 0 saturated heterocycles. The first-order valence-electron chi connectivity index (χ1n) is 10.3. The number of aliphatic hydroxyl groups excluding tert-OH is 1. The Labute approximate surface area is 192 Å². The second-order valence-corrected chi connectivity index (χ2v) is 6.99. The number of nitrogens with two attached hydrogens (primary N) is 1. The van der Waals surface area contributed by atoms with Crippen molar-refractivity contribution in [3.05, 3.63) is 126 Å². The van der Waals surface area contributed by atoms with Crippen molar-refractivity contribution in [2.45, 2.75) is 12.5 Å². The van der Waals surface area contributed by atoms with E-state index >= 15 is 0 Å². The molecule has 0 atom stereocenters. The van der Waals surface area contributed by atoms with E-state index in [9.17, 15) is 0 Å². The van der Waals surface area contributed by atoms with Crippen LogP contribution in [0, 0.1) is 6.92 Å².